The Morgan fingerprint density at radius 3 is 2.39 bits per heavy atom. The highest BCUT2D eigenvalue weighted by molar-refractivity contribution is 4.97. The number of ether oxygens (including phenoxy) is 1. The fourth-order valence-electron chi connectivity index (χ4n) is 3.48. The van der Waals surface area contributed by atoms with Crippen molar-refractivity contribution >= 4 is 0 Å². The van der Waals surface area contributed by atoms with Crippen LogP contribution in [0.25, 0.3) is 0 Å². The Labute approximate surface area is 112 Å². The Morgan fingerprint density at radius 2 is 1.89 bits per heavy atom. The summed E-state index contributed by atoms with van der Waals surface area (Å²) in [5, 5.41) is 3.78. The van der Waals surface area contributed by atoms with Crippen molar-refractivity contribution in [2.75, 3.05) is 33.3 Å². The molecule has 106 valence electrons. The van der Waals surface area contributed by atoms with Crippen molar-refractivity contribution in [2.24, 2.45) is 0 Å². The minimum atomic E-state index is 0.178. The number of rotatable bonds is 5. The third-order valence-electron chi connectivity index (χ3n) is 5.24. The topological polar surface area (TPSA) is 24.5 Å². The van der Waals surface area contributed by atoms with Gasteiger partial charge in [-0.1, -0.05) is 13.8 Å². The Bertz CT molecular complexity index is 254. The quantitative estimate of drug-likeness (QED) is 0.815. The Morgan fingerprint density at radius 1 is 1.17 bits per heavy atom. The minimum absolute atomic E-state index is 0.178. The van der Waals surface area contributed by atoms with Crippen LogP contribution in [-0.4, -0.2) is 49.3 Å². The van der Waals surface area contributed by atoms with E-state index < -0.39 is 0 Å². The summed E-state index contributed by atoms with van der Waals surface area (Å²) < 4.78 is 5.79. The maximum absolute atomic E-state index is 5.79. The first kappa shape index (κ1) is 14.3. The van der Waals surface area contributed by atoms with Gasteiger partial charge in [-0.2, -0.15) is 0 Å². The molecule has 1 heterocycles. The molecule has 18 heavy (non-hydrogen) atoms. The molecule has 0 aromatic heterocycles. The van der Waals surface area contributed by atoms with Crippen molar-refractivity contribution in [3.8, 4) is 0 Å². The van der Waals surface area contributed by atoms with Crippen LogP contribution < -0.4 is 5.32 Å². The van der Waals surface area contributed by atoms with Crippen molar-refractivity contribution in [3.05, 3.63) is 0 Å². The second-order valence-electron chi connectivity index (χ2n) is 6.22. The number of nitrogens with zero attached hydrogens (tertiary/aromatic N) is 1. The lowest BCUT2D eigenvalue weighted by Gasteiger charge is -2.45. The molecular weight excluding hydrogens is 224 g/mol. The summed E-state index contributed by atoms with van der Waals surface area (Å²) in [7, 11) is 1.89. The van der Waals surface area contributed by atoms with E-state index in [1.165, 1.54) is 51.6 Å². The molecule has 0 radical (unpaired) electrons. The lowest BCUT2D eigenvalue weighted by Crippen LogP contribution is -2.55. The van der Waals surface area contributed by atoms with Gasteiger partial charge in [0.1, 0.15) is 0 Å². The smallest absolute Gasteiger partial charge is 0.0805 e. The van der Waals surface area contributed by atoms with Crippen molar-refractivity contribution in [2.45, 2.75) is 63.5 Å². The summed E-state index contributed by atoms with van der Waals surface area (Å²) in [4.78, 5) is 2.65. The first-order valence-electron chi connectivity index (χ1n) is 7.70. The van der Waals surface area contributed by atoms with E-state index in [4.69, 9.17) is 4.74 Å². The van der Waals surface area contributed by atoms with Gasteiger partial charge in [0, 0.05) is 25.7 Å². The molecule has 0 spiro atoms. The lowest BCUT2D eigenvalue weighted by atomic mass is 9.79. The fraction of sp³-hybridized carbons (Fsp3) is 1.00. The SMILES string of the molecule is CCC1(CC)CN(CC2(OC)CCC2)CCCN1. The van der Waals surface area contributed by atoms with Crippen LogP contribution >= 0.6 is 0 Å². The molecule has 0 bridgehead atoms. The van der Waals surface area contributed by atoms with Gasteiger partial charge in [0.05, 0.1) is 5.60 Å². The zero-order valence-electron chi connectivity index (χ0n) is 12.4. The van der Waals surface area contributed by atoms with Crippen LogP contribution in [-0.2, 0) is 4.74 Å². The Hall–Kier alpha value is -0.120. The highest BCUT2D eigenvalue weighted by atomic mass is 16.5. The average molecular weight is 254 g/mol. The van der Waals surface area contributed by atoms with Crippen LogP contribution in [0.1, 0.15) is 52.4 Å². The third-order valence-corrected chi connectivity index (χ3v) is 5.24. The standard InChI is InChI=1S/C15H30N2O/c1-4-14(5-2)12-17(11-7-10-16-14)13-15(18-3)8-6-9-15/h16H,4-13H2,1-3H3. The van der Waals surface area contributed by atoms with Crippen molar-refractivity contribution in [1.82, 2.24) is 10.2 Å². The molecule has 3 heteroatoms. The van der Waals surface area contributed by atoms with E-state index in [2.05, 4.69) is 24.1 Å². The molecule has 2 fully saturated rings. The van der Waals surface area contributed by atoms with Gasteiger partial charge in [-0.25, -0.2) is 0 Å². The normalized spacial score (nSPS) is 27.5. The molecule has 1 saturated heterocycles. The van der Waals surface area contributed by atoms with Crippen LogP contribution in [0.2, 0.25) is 0 Å². The second kappa shape index (κ2) is 5.89. The third kappa shape index (κ3) is 2.89. The monoisotopic (exact) mass is 254 g/mol. The number of nitrogens with one attached hydrogen (secondary N) is 1. The number of methoxy groups -OCH3 is 1. The van der Waals surface area contributed by atoms with Crippen LogP contribution in [0.5, 0.6) is 0 Å². The van der Waals surface area contributed by atoms with Gasteiger partial charge in [0.15, 0.2) is 0 Å². The zero-order chi connectivity index (χ0) is 13.1. The Kier molecular flexibility index (Phi) is 4.68. The van der Waals surface area contributed by atoms with Crippen molar-refractivity contribution in [3.63, 3.8) is 0 Å². The van der Waals surface area contributed by atoms with Gasteiger partial charge in [-0.15, -0.1) is 0 Å². The molecule has 0 amide bonds. The van der Waals surface area contributed by atoms with Gasteiger partial charge in [-0.3, -0.25) is 4.90 Å². The highest BCUT2D eigenvalue weighted by Gasteiger charge is 2.40. The molecule has 0 atom stereocenters. The average Bonchev–Trinajstić information content (AvgIpc) is 2.56. The molecule has 0 aromatic rings. The Balaban J connectivity index is 1.98. The molecule has 3 nitrogen and oxygen atoms in total. The van der Waals surface area contributed by atoms with Crippen LogP contribution in [0.4, 0.5) is 0 Å². The summed E-state index contributed by atoms with van der Waals surface area (Å²) in [6, 6.07) is 0. The molecule has 2 aliphatic rings. The van der Waals surface area contributed by atoms with Gasteiger partial charge in [0.2, 0.25) is 0 Å². The van der Waals surface area contributed by atoms with E-state index in [0.717, 1.165) is 13.1 Å². The van der Waals surface area contributed by atoms with E-state index in [0.29, 0.717) is 5.54 Å². The molecule has 1 N–H and O–H groups in total. The summed E-state index contributed by atoms with van der Waals surface area (Å²) >= 11 is 0. The first-order valence-corrected chi connectivity index (χ1v) is 7.70. The summed E-state index contributed by atoms with van der Waals surface area (Å²) in [5.74, 6) is 0. The molecular formula is C15H30N2O. The summed E-state index contributed by atoms with van der Waals surface area (Å²) in [6.45, 7) is 9.33. The molecule has 0 aromatic carbocycles. The molecule has 0 unspecified atom stereocenters. The summed E-state index contributed by atoms with van der Waals surface area (Å²) in [5.41, 5.74) is 0.507. The van der Waals surface area contributed by atoms with E-state index in [-0.39, 0.29) is 5.60 Å². The fourth-order valence-corrected chi connectivity index (χ4v) is 3.48. The van der Waals surface area contributed by atoms with Crippen molar-refractivity contribution < 1.29 is 4.74 Å². The lowest BCUT2D eigenvalue weighted by molar-refractivity contribution is -0.0931. The zero-order valence-corrected chi connectivity index (χ0v) is 12.4. The van der Waals surface area contributed by atoms with E-state index in [1.807, 2.05) is 7.11 Å². The molecule has 1 aliphatic carbocycles. The largest absolute Gasteiger partial charge is 0.377 e. The maximum Gasteiger partial charge on any atom is 0.0805 e. The van der Waals surface area contributed by atoms with Crippen molar-refractivity contribution in [1.29, 1.82) is 0 Å². The molecule has 1 saturated carbocycles. The van der Waals surface area contributed by atoms with Crippen LogP contribution in [0.3, 0.4) is 0 Å². The van der Waals surface area contributed by atoms with Gasteiger partial charge >= 0.3 is 0 Å². The highest BCUT2D eigenvalue weighted by Crippen LogP contribution is 2.36. The number of hydrogen-bond acceptors (Lipinski definition) is 3. The van der Waals surface area contributed by atoms with E-state index >= 15 is 0 Å². The number of hydrogen-bond donors (Lipinski definition) is 1. The van der Waals surface area contributed by atoms with E-state index in [1.54, 1.807) is 0 Å². The van der Waals surface area contributed by atoms with Gasteiger partial charge in [-0.05, 0) is 51.6 Å². The molecule has 2 rings (SSSR count). The predicted molar refractivity (Wildman–Crippen MR) is 76.0 cm³/mol. The van der Waals surface area contributed by atoms with Crippen LogP contribution in [0.15, 0.2) is 0 Å². The minimum Gasteiger partial charge on any atom is -0.377 e. The van der Waals surface area contributed by atoms with Crippen LogP contribution in [0, 0.1) is 0 Å². The van der Waals surface area contributed by atoms with Gasteiger partial charge < -0.3 is 10.1 Å². The molecule has 1 aliphatic heterocycles. The first-order chi connectivity index (χ1) is 8.67. The summed E-state index contributed by atoms with van der Waals surface area (Å²) in [6.07, 6.45) is 7.55. The van der Waals surface area contributed by atoms with Gasteiger partial charge in [0.25, 0.3) is 0 Å². The second-order valence-corrected chi connectivity index (χ2v) is 6.22. The predicted octanol–water partition coefficient (Wildman–Crippen LogP) is 2.41. The van der Waals surface area contributed by atoms with E-state index in [9.17, 15) is 0 Å². The maximum atomic E-state index is 5.79.